The second kappa shape index (κ2) is 9.88. The molecule has 6 nitrogen and oxygen atoms in total. The fourth-order valence-electron chi connectivity index (χ4n) is 3.50. The summed E-state index contributed by atoms with van der Waals surface area (Å²) < 4.78 is 11.3. The lowest BCUT2D eigenvalue weighted by molar-refractivity contribution is -0.137. The van der Waals surface area contributed by atoms with E-state index < -0.39 is 5.97 Å². The van der Waals surface area contributed by atoms with Gasteiger partial charge in [-0.05, 0) is 43.4 Å². The highest BCUT2D eigenvalue weighted by Gasteiger charge is 2.23. The van der Waals surface area contributed by atoms with E-state index in [1.165, 1.54) is 0 Å². The zero-order chi connectivity index (χ0) is 19.1. The van der Waals surface area contributed by atoms with Crippen molar-refractivity contribution in [3.63, 3.8) is 0 Å². The molecule has 2 heterocycles. The minimum absolute atomic E-state index is 0.164. The van der Waals surface area contributed by atoms with Crippen LogP contribution in [-0.4, -0.2) is 53.9 Å². The molecule has 0 aliphatic carbocycles. The Labute approximate surface area is 164 Å². The predicted octanol–water partition coefficient (Wildman–Crippen LogP) is 3.43. The number of nitrogens with zero attached hydrogens (tertiary/aromatic N) is 1. The van der Waals surface area contributed by atoms with Crippen LogP contribution in [0.15, 0.2) is 23.1 Å². The Morgan fingerprint density at radius 2 is 1.96 bits per heavy atom. The van der Waals surface area contributed by atoms with Crippen molar-refractivity contribution in [3.05, 3.63) is 18.2 Å². The maximum atomic E-state index is 12.5. The average Bonchev–Trinajstić information content (AvgIpc) is 2.91. The third-order valence-electron chi connectivity index (χ3n) is 4.94. The number of likely N-dealkylation sites (tertiary alicyclic amines) is 1. The Hall–Kier alpha value is -1.89. The summed E-state index contributed by atoms with van der Waals surface area (Å²) in [6.45, 7) is 2.83. The summed E-state index contributed by atoms with van der Waals surface area (Å²) in [4.78, 5) is 26.2. The summed E-state index contributed by atoms with van der Waals surface area (Å²) in [7, 11) is 0. The van der Waals surface area contributed by atoms with Gasteiger partial charge in [-0.2, -0.15) is 0 Å². The second-order valence-electron chi connectivity index (χ2n) is 7.04. The van der Waals surface area contributed by atoms with Gasteiger partial charge in [0.25, 0.3) is 0 Å². The van der Waals surface area contributed by atoms with Gasteiger partial charge in [0.1, 0.15) is 0 Å². The van der Waals surface area contributed by atoms with E-state index in [4.69, 9.17) is 14.6 Å². The van der Waals surface area contributed by atoms with E-state index in [9.17, 15) is 9.59 Å². The molecule has 0 spiro atoms. The molecule has 0 radical (unpaired) electrons. The molecule has 148 valence electrons. The minimum Gasteiger partial charge on any atom is -0.490 e. The molecule has 1 unspecified atom stereocenters. The van der Waals surface area contributed by atoms with Gasteiger partial charge < -0.3 is 19.5 Å². The molecule has 0 bridgehead atoms. The lowest BCUT2D eigenvalue weighted by atomic mass is 9.93. The quantitative estimate of drug-likeness (QED) is 0.715. The summed E-state index contributed by atoms with van der Waals surface area (Å²) in [5.74, 6) is 2.00. The van der Waals surface area contributed by atoms with Crippen molar-refractivity contribution in [2.75, 3.05) is 32.1 Å². The molecule has 0 saturated carbocycles. The number of carboxylic acids is 1. The highest BCUT2D eigenvalue weighted by molar-refractivity contribution is 7.99. The third kappa shape index (κ3) is 6.06. The summed E-state index contributed by atoms with van der Waals surface area (Å²) in [6.07, 6.45) is 4.20. The Morgan fingerprint density at radius 3 is 2.78 bits per heavy atom. The first-order chi connectivity index (χ1) is 13.1. The number of ether oxygens (including phenoxy) is 2. The molecule has 1 amide bonds. The fourth-order valence-corrected chi connectivity index (χ4v) is 4.37. The normalized spacial score (nSPS) is 19.4. The number of benzene rings is 1. The van der Waals surface area contributed by atoms with Crippen LogP contribution >= 0.6 is 11.8 Å². The zero-order valence-corrected chi connectivity index (χ0v) is 16.3. The van der Waals surface area contributed by atoms with Crippen molar-refractivity contribution in [1.29, 1.82) is 0 Å². The van der Waals surface area contributed by atoms with Crippen LogP contribution in [0.1, 0.15) is 38.5 Å². The molecule has 1 N–H and O–H groups in total. The van der Waals surface area contributed by atoms with Crippen molar-refractivity contribution in [2.24, 2.45) is 5.92 Å². The number of carbonyl (C=O) groups is 2. The van der Waals surface area contributed by atoms with Gasteiger partial charge in [-0.3, -0.25) is 9.59 Å². The van der Waals surface area contributed by atoms with Gasteiger partial charge in [-0.25, -0.2) is 0 Å². The molecule has 7 heteroatoms. The SMILES string of the molecule is O=C(O)CCC1CCCN(C(=O)CCSc2ccc3c(c2)OCCCO3)C1. The summed E-state index contributed by atoms with van der Waals surface area (Å²) >= 11 is 1.65. The number of fused-ring (bicyclic) bond motifs is 1. The van der Waals surface area contributed by atoms with Crippen LogP contribution in [0.4, 0.5) is 0 Å². The lowest BCUT2D eigenvalue weighted by Gasteiger charge is -2.32. The molecule has 1 aromatic carbocycles. The molecule has 0 aromatic heterocycles. The standard InChI is InChI=1S/C20H27NO5S/c22-19(21-9-1-3-15(14-21)4-7-20(23)24)8-12-27-16-5-6-17-18(13-16)26-11-2-10-25-17/h5-6,13,15H,1-4,7-12,14H2,(H,23,24). The van der Waals surface area contributed by atoms with Gasteiger partial charge in [0, 0.05) is 43.0 Å². The number of thioether (sulfide) groups is 1. The van der Waals surface area contributed by atoms with Crippen molar-refractivity contribution in [2.45, 2.75) is 43.4 Å². The summed E-state index contributed by atoms with van der Waals surface area (Å²) in [6, 6.07) is 5.92. The van der Waals surface area contributed by atoms with Crippen LogP contribution in [0.25, 0.3) is 0 Å². The molecular formula is C20H27NO5S. The van der Waals surface area contributed by atoms with Crippen LogP contribution in [0, 0.1) is 5.92 Å². The first kappa shape index (κ1) is 19.9. The molecule has 2 aliphatic rings. The van der Waals surface area contributed by atoms with Crippen molar-refractivity contribution >= 4 is 23.6 Å². The molecule has 1 atom stereocenters. The van der Waals surface area contributed by atoms with Crippen LogP contribution in [0.3, 0.4) is 0 Å². The smallest absolute Gasteiger partial charge is 0.303 e. The molecule has 1 aromatic rings. The summed E-state index contributed by atoms with van der Waals surface area (Å²) in [5, 5.41) is 8.83. The maximum absolute atomic E-state index is 12.5. The average molecular weight is 394 g/mol. The van der Waals surface area contributed by atoms with E-state index in [1.54, 1.807) is 11.8 Å². The second-order valence-corrected chi connectivity index (χ2v) is 8.21. The summed E-state index contributed by atoms with van der Waals surface area (Å²) in [5.41, 5.74) is 0. The Bertz CT molecular complexity index is 666. The van der Waals surface area contributed by atoms with Gasteiger partial charge >= 0.3 is 5.97 Å². The number of amides is 1. The Morgan fingerprint density at radius 1 is 1.15 bits per heavy atom. The van der Waals surface area contributed by atoms with Crippen LogP contribution < -0.4 is 9.47 Å². The number of rotatable bonds is 7. The number of hydrogen-bond acceptors (Lipinski definition) is 5. The topological polar surface area (TPSA) is 76.1 Å². The highest BCUT2D eigenvalue weighted by Crippen LogP contribution is 2.34. The van der Waals surface area contributed by atoms with Gasteiger partial charge in [0.05, 0.1) is 13.2 Å². The third-order valence-corrected chi connectivity index (χ3v) is 5.94. The monoisotopic (exact) mass is 393 g/mol. The maximum Gasteiger partial charge on any atom is 0.303 e. The van der Waals surface area contributed by atoms with Crippen molar-refractivity contribution < 1.29 is 24.2 Å². The lowest BCUT2D eigenvalue weighted by Crippen LogP contribution is -2.40. The first-order valence-corrected chi connectivity index (χ1v) is 10.6. The Kier molecular flexibility index (Phi) is 7.26. The minimum atomic E-state index is -0.759. The molecular weight excluding hydrogens is 366 g/mol. The largest absolute Gasteiger partial charge is 0.490 e. The van der Waals surface area contributed by atoms with Crippen LogP contribution in [0.5, 0.6) is 11.5 Å². The highest BCUT2D eigenvalue weighted by atomic mass is 32.2. The number of carboxylic acid groups (broad SMARTS) is 1. The fraction of sp³-hybridized carbons (Fsp3) is 0.600. The van der Waals surface area contributed by atoms with Gasteiger partial charge in [0.2, 0.25) is 5.91 Å². The van der Waals surface area contributed by atoms with Gasteiger partial charge in [-0.15, -0.1) is 11.8 Å². The first-order valence-electron chi connectivity index (χ1n) is 9.64. The number of aliphatic carboxylic acids is 1. The van der Waals surface area contributed by atoms with E-state index in [-0.39, 0.29) is 12.3 Å². The number of carbonyl (C=O) groups excluding carboxylic acids is 1. The van der Waals surface area contributed by atoms with Crippen molar-refractivity contribution in [1.82, 2.24) is 4.90 Å². The van der Waals surface area contributed by atoms with Crippen molar-refractivity contribution in [3.8, 4) is 11.5 Å². The molecule has 1 fully saturated rings. The number of hydrogen-bond donors (Lipinski definition) is 1. The Balaban J connectivity index is 1.44. The molecule has 2 aliphatic heterocycles. The van der Waals surface area contributed by atoms with Crippen LogP contribution in [-0.2, 0) is 9.59 Å². The molecule has 1 saturated heterocycles. The van der Waals surface area contributed by atoms with Gasteiger partial charge in [0.15, 0.2) is 11.5 Å². The van der Waals surface area contributed by atoms with E-state index in [0.29, 0.717) is 38.5 Å². The predicted molar refractivity (Wildman–Crippen MR) is 104 cm³/mol. The molecule has 3 rings (SSSR count). The van der Waals surface area contributed by atoms with E-state index >= 15 is 0 Å². The van der Waals surface area contributed by atoms with E-state index in [2.05, 4.69) is 0 Å². The molecule has 27 heavy (non-hydrogen) atoms. The number of piperidine rings is 1. The van der Waals surface area contributed by atoms with E-state index in [1.807, 2.05) is 23.1 Å². The zero-order valence-electron chi connectivity index (χ0n) is 15.5. The van der Waals surface area contributed by atoms with Crippen LogP contribution in [0.2, 0.25) is 0 Å². The van der Waals surface area contributed by atoms with E-state index in [0.717, 1.165) is 48.0 Å². The van der Waals surface area contributed by atoms with Gasteiger partial charge in [-0.1, -0.05) is 0 Å².